The fraction of sp³-hybridized carbons (Fsp3) is 0.263. The van der Waals surface area contributed by atoms with Crippen molar-refractivity contribution in [3.8, 4) is 11.1 Å². The van der Waals surface area contributed by atoms with Gasteiger partial charge in [-0.2, -0.15) is 5.10 Å². The van der Waals surface area contributed by atoms with E-state index in [0.29, 0.717) is 19.4 Å². The van der Waals surface area contributed by atoms with Crippen LogP contribution in [0, 0.1) is 5.82 Å². The van der Waals surface area contributed by atoms with Gasteiger partial charge in [-0.15, -0.1) is 0 Å². The van der Waals surface area contributed by atoms with Crippen LogP contribution in [-0.2, 0) is 4.79 Å². The number of para-hydroxylation sites is 1. The highest BCUT2D eigenvalue weighted by atomic mass is 19.1. The van der Waals surface area contributed by atoms with E-state index in [1.165, 1.54) is 18.5 Å². The van der Waals surface area contributed by atoms with Crippen LogP contribution in [0.25, 0.3) is 11.1 Å². The van der Waals surface area contributed by atoms with E-state index >= 15 is 0 Å². The molecule has 2 aromatic carbocycles. The van der Waals surface area contributed by atoms with Crippen molar-refractivity contribution >= 4 is 17.9 Å². The van der Waals surface area contributed by atoms with Gasteiger partial charge in [-0.1, -0.05) is 30.3 Å². The minimum absolute atomic E-state index is 0.119. The van der Waals surface area contributed by atoms with Crippen LogP contribution in [0.4, 0.5) is 10.1 Å². The first kappa shape index (κ1) is 18.4. The van der Waals surface area contributed by atoms with Crippen LogP contribution in [0.15, 0.2) is 53.6 Å². The van der Waals surface area contributed by atoms with Gasteiger partial charge in [-0.25, -0.2) is 9.82 Å². The minimum Gasteiger partial charge on any atom is -0.385 e. The summed E-state index contributed by atoms with van der Waals surface area (Å²) in [5.74, 6) is -0.371. The Morgan fingerprint density at radius 2 is 1.88 bits per heavy atom. The first-order valence-electron chi connectivity index (χ1n) is 8.13. The number of hydrazone groups is 1. The van der Waals surface area contributed by atoms with Gasteiger partial charge < -0.3 is 10.2 Å². The normalized spacial score (nSPS) is 10.7. The van der Waals surface area contributed by atoms with E-state index in [2.05, 4.69) is 15.8 Å². The highest BCUT2D eigenvalue weighted by Crippen LogP contribution is 2.27. The molecule has 132 valence electrons. The molecule has 0 aliphatic rings. The predicted molar refractivity (Wildman–Crippen MR) is 99.9 cm³/mol. The lowest BCUT2D eigenvalue weighted by Gasteiger charge is -2.12. The van der Waals surface area contributed by atoms with E-state index in [4.69, 9.17) is 0 Å². The Hall–Kier alpha value is -2.89. The number of hydrogen-bond acceptors (Lipinski definition) is 3. The van der Waals surface area contributed by atoms with E-state index in [-0.39, 0.29) is 11.7 Å². The first-order valence-corrected chi connectivity index (χ1v) is 8.13. The fourth-order valence-corrected chi connectivity index (χ4v) is 2.26. The summed E-state index contributed by atoms with van der Waals surface area (Å²) in [6, 6.07) is 14.3. The lowest BCUT2D eigenvalue weighted by Crippen LogP contribution is -2.20. The molecule has 0 spiro atoms. The van der Waals surface area contributed by atoms with E-state index in [9.17, 15) is 9.18 Å². The van der Waals surface area contributed by atoms with Gasteiger partial charge in [0.15, 0.2) is 0 Å². The second-order valence-electron chi connectivity index (χ2n) is 5.83. The van der Waals surface area contributed by atoms with Crippen molar-refractivity contribution < 1.29 is 9.18 Å². The predicted octanol–water partition coefficient (Wildman–Crippen LogP) is 3.31. The van der Waals surface area contributed by atoms with Crippen molar-refractivity contribution in [3.05, 3.63) is 54.3 Å². The number of nitrogens with zero attached hydrogens (tertiary/aromatic N) is 2. The Kier molecular flexibility index (Phi) is 6.95. The van der Waals surface area contributed by atoms with Gasteiger partial charge in [0.05, 0.1) is 0 Å². The van der Waals surface area contributed by atoms with Crippen molar-refractivity contribution in [1.29, 1.82) is 0 Å². The Bertz CT molecular complexity index is 714. The van der Waals surface area contributed by atoms with E-state index < -0.39 is 0 Å². The van der Waals surface area contributed by atoms with Gasteiger partial charge in [0.2, 0.25) is 5.91 Å². The summed E-state index contributed by atoms with van der Waals surface area (Å²) in [5.41, 5.74) is 5.39. The van der Waals surface area contributed by atoms with Crippen molar-refractivity contribution in [1.82, 2.24) is 10.3 Å². The Morgan fingerprint density at radius 3 is 2.60 bits per heavy atom. The van der Waals surface area contributed by atoms with Gasteiger partial charge in [0.1, 0.15) is 12.2 Å². The monoisotopic (exact) mass is 342 g/mol. The second kappa shape index (κ2) is 9.42. The molecule has 0 aliphatic heterocycles. The van der Waals surface area contributed by atoms with Gasteiger partial charge in [-0.3, -0.25) is 4.79 Å². The first-order chi connectivity index (χ1) is 12.1. The third kappa shape index (κ3) is 6.25. The molecule has 25 heavy (non-hydrogen) atoms. The molecular weight excluding hydrogens is 319 g/mol. The average Bonchev–Trinajstić information content (AvgIpc) is 2.59. The second-order valence-corrected chi connectivity index (χ2v) is 5.83. The van der Waals surface area contributed by atoms with Gasteiger partial charge in [-0.05, 0) is 30.2 Å². The number of hydrogen-bond donors (Lipinski definition) is 2. The third-order valence-electron chi connectivity index (χ3n) is 3.46. The molecule has 0 atom stereocenters. The van der Waals surface area contributed by atoms with Crippen molar-refractivity contribution in [2.45, 2.75) is 12.8 Å². The lowest BCUT2D eigenvalue weighted by molar-refractivity contribution is -0.121. The molecule has 0 saturated carbocycles. The van der Waals surface area contributed by atoms with E-state index in [1.54, 1.807) is 17.0 Å². The highest BCUT2D eigenvalue weighted by molar-refractivity contribution is 5.78. The molecule has 6 heteroatoms. The average molecular weight is 342 g/mol. The van der Waals surface area contributed by atoms with Gasteiger partial charge in [0.25, 0.3) is 0 Å². The molecule has 2 N–H and O–H groups in total. The molecule has 0 saturated heterocycles. The van der Waals surface area contributed by atoms with Gasteiger partial charge in [0, 0.05) is 38.3 Å². The molecule has 0 unspecified atom stereocenters. The number of nitrogens with one attached hydrogen (secondary N) is 2. The quantitative estimate of drug-likeness (QED) is 0.335. The molecule has 0 aromatic heterocycles. The zero-order valence-electron chi connectivity index (χ0n) is 14.5. The number of carbonyl (C=O) groups excluding carboxylic acids is 1. The summed E-state index contributed by atoms with van der Waals surface area (Å²) in [4.78, 5) is 13.4. The number of carbonyl (C=O) groups is 1. The van der Waals surface area contributed by atoms with Crippen molar-refractivity contribution in [2.24, 2.45) is 5.10 Å². The molecule has 0 radical (unpaired) electrons. The Balaban J connectivity index is 1.85. The summed E-state index contributed by atoms with van der Waals surface area (Å²) in [6.45, 7) is 0.656. The summed E-state index contributed by atoms with van der Waals surface area (Å²) in [6.07, 6.45) is 2.60. The largest absolute Gasteiger partial charge is 0.385 e. The van der Waals surface area contributed by atoms with Crippen LogP contribution in [0.2, 0.25) is 0 Å². The minimum atomic E-state index is -0.253. The maximum atomic E-state index is 13.1. The number of halogens is 1. The molecule has 1 amide bonds. The van der Waals surface area contributed by atoms with Crippen LogP contribution in [0.5, 0.6) is 0 Å². The standard InChI is InChI=1S/C19H23FN4O/c1-24(2)14-22-23-19(25)8-5-13-21-18-7-4-3-6-17(18)15-9-11-16(20)12-10-15/h3-4,6-7,9-12,14,21H,5,8,13H2,1-2H3,(H,23,25)/b22-14+. The summed E-state index contributed by atoms with van der Waals surface area (Å²) in [5, 5.41) is 7.15. The summed E-state index contributed by atoms with van der Waals surface area (Å²) in [7, 11) is 3.66. The summed E-state index contributed by atoms with van der Waals surface area (Å²) >= 11 is 0. The number of benzene rings is 2. The number of anilines is 1. The van der Waals surface area contributed by atoms with Crippen LogP contribution in [-0.4, -0.2) is 37.8 Å². The maximum absolute atomic E-state index is 13.1. The topological polar surface area (TPSA) is 56.7 Å². The third-order valence-corrected chi connectivity index (χ3v) is 3.46. The zero-order valence-corrected chi connectivity index (χ0v) is 14.5. The SMILES string of the molecule is CN(C)/C=N/NC(=O)CCCNc1ccccc1-c1ccc(F)cc1. The number of amides is 1. The van der Waals surface area contributed by atoms with Crippen molar-refractivity contribution in [3.63, 3.8) is 0 Å². The molecule has 0 fully saturated rings. The van der Waals surface area contributed by atoms with Crippen LogP contribution in [0.3, 0.4) is 0 Å². The van der Waals surface area contributed by atoms with Gasteiger partial charge >= 0.3 is 0 Å². The lowest BCUT2D eigenvalue weighted by atomic mass is 10.0. The Labute approximate surface area is 147 Å². The molecule has 0 aliphatic carbocycles. The van der Waals surface area contributed by atoms with E-state index in [1.807, 2.05) is 38.4 Å². The molecule has 2 rings (SSSR count). The fourth-order valence-electron chi connectivity index (χ4n) is 2.26. The molecule has 2 aromatic rings. The summed E-state index contributed by atoms with van der Waals surface area (Å²) < 4.78 is 13.1. The number of rotatable bonds is 8. The highest BCUT2D eigenvalue weighted by Gasteiger charge is 2.05. The molecule has 0 heterocycles. The van der Waals surface area contributed by atoms with Crippen LogP contribution in [0.1, 0.15) is 12.8 Å². The molecular formula is C19H23FN4O. The van der Waals surface area contributed by atoms with Crippen molar-refractivity contribution in [2.75, 3.05) is 26.0 Å². The zero-order chi connectivity index (χ0) is 18.1. The van der Waals surface area contributed by atoms with E-state index in [0.717, 1.165) is 16.8 Å². The van der Waals surface area contributed by atoms with Crippen LogP contribution >= 0.6 is 0 Å². The smallest absolute Gasteiger partial charge is 0.240 e. The molecule has 0 bridgehead atoms. The molecule has 5 nitrogen and oxygen atoms in total. The Morgan fingerprint density at radius 1 is 1.16 bits per heavy atom. The van der Waals surface area contributed by atoms with Crippen LogP contribution < -0.4 is 10.7 Å². The maximum Gasteiger partial charge on any atom is 0.240 e.